The average Bonchev–Trinajstić information content (AvgIpc) is 3.27. The molecule has 1 fully saturated rings. The maximum atomic E-state index is 11.1. The van der Waals surface area contributed by atoms with Gasteiger partial charge in [0.15, 0.2) is 10.8 Å². The van der Waals surface area contributed by atoms with Gasteiger partial charge < -0.3 is 5.32 Å². The maximum absolute atomic E-state index is 11.1. The van der Waals surface area contributed by atoms with E-state index in [-0.39, 0.29) is 5.91 Å². The zero-order chi connectivity index (χ0) is 17.4. The molecule has 1 aliphatic rings. The molecule has 0 radical (unpaired) electrons. The molecule has 3 aromatic heterocycles. The zero-order valence-corrected chi connectivity index (χ0v) is 15.1. The van der Waals surface area contributed by atoms with Gasteiger partial charge in [0, 0.05) is 48.8 Å². The van der Waals surface area contributed by atoms with E-state index in [0.717, 1.165) is 37.4 Å². The van der Waals surface area contributed by atoms with Crippen molar-refractivity contribution in [3.63, 3.8) is 0 Å². The van der Waals surface area contributed by atoms with Crippen molar-refractivity contribution >= 4 is 28.0 Å². The van der Waals surface area contributed by atoms with Crippen LogP contribution in [0.1, 0.15) is 35.5 Å². The second-order valence-corrected chi connectivity index (χ2v) is 7.57. The fourth-order valence-electron chi connectivity index (χ4n) is 3.39. The van der Waals surface area contributed by atoms with Crippen LogP contribution in [0.2, 0.25) is 0 Å². The topological polar surface area (TPSA) is 75.4 Å². The van der Waals surface area contributed by atoms with E-state index in [9.17, 15) is 4.79 Å². The Morgan fingerprint density at radius 1 is 1.48 bits per heavy atom. The lowest BCUT2D eigenvalue weighted by atomic mass is 10.0. The van der Waals surface area contributed by atoms with Crippen LogP contribution in [0.5, 0.6) is 0 Å². The molecule has 0 aromatic carbocycles. The van der Waals surface area contributed by atoms with Gasteiger partial charge in [-0.2, -0.15) is 5.10 Å². The van der Waals surface area contributed by atoms with Gasteiger partial charge in [0.1, 0.15) is 0 Å². The van der Waals surface area contributed by atoms with E-state index in [4.69, 9.17) is 0 Å². The van der Waals surface area contributed by atoms with E-state index < -0.39 is 0 Å². The number of nitrogens with zero attached hydrogens (tertiary/aromatic N) is 5. The molecule has 1 unspecified atom stereocenters. The van der Waals surface area contributed by atoms with Crippen molar-refractivity contribution in [3.8, 4) is 0 Å². The number of rotatable bonds is 4. The zero-order valence-electron chi connectivity index (χ0n) is 14.3. The molecule has 3 aromatic rings. The molecule has 1 amide bonds. The van der Waals surface area contributed by atoms with E-state index in [1.165, 1.54) is 28.8 Å². The van der Waals surface area contributed by atoms with Crippen LogP contribution in [0.25, 0.3) is 5.65 Å². The largest absolute Gasteiger partial charge is 0.302 e. The van der Waals surface area contributed by atoms with E-state index in [2.05, 4.69) is 31.3 Å². The van der Waals surface area contributed by atoms with Crippen LogP contribution in [-0.4, -0.2) is 43.5 Å². The summed E-state index contributed by atoms with van der Waals surface area (Å²) in [6.07, 6.45) is 4.76. The number of amides is 1. The van der Waals surface area contributed by atoms with Crippen LogP contribution in [0.15, 0.2) is 24.5 Å². The van der Waals surface area contributed by atoms with E-state index in [1.807, 2.05) is 23.7 Å². The predicted octanol–water partition coefficient (Wildman–Crippen LogP) is 2.44. The van der Waals surface area contributed by atoms with Crippen LogP contribution in [0.4, 0.5) is 5.13 Å². The Balaban J connectivity index is 1.47. The van der Waals surface area contributed by atoms with Crippen molar-refractivity contribution in [2.24, 2.45) is 0 Å². The molecule has 1 aliphatic heterocycles. The molecule has 25 heavy (non-hydrogen) atoms. The first-order valence-corrected chi connectivity index (χ1v) is 9.16. The van der Waals surface area contributed by atoms with Gasteiger partial charge in [-0.1, -0.05) is 0 Å². The van der Waals surface area contributed by atoms with E-state index in [0.29, 0.717) is 11.0 Å². The van der Waals surface area contributed by atoms with Crippen molar-refractivity contribution in [1.29, 1.82) is 0 Å². The molecule has 130 valence electrons. The standard InChI is InChI=1S/C17H20N6OS/c1-11-7-15(23-16(20-11)3-5-19-23)13-4-6-22(9-13)10-14-8-18-17(25-14)21-12(2)24/h3,5,7-8,13H,4,6,9-10H2,1-2H3,(H,18,21,24). The van der Waals surface area contributed by atoms with Gasteiger partial charge in [-0.25, -0.2) is 14.5 Å². The SMILES string of the molecule is CC(=O)Nc1ncc(CN2CCC(c3cc(C)nc4ccnn34)C2)s1. The summed E-state index contributed by atoms with van der Waals surface area (Å²) in [5.74, 6) is 0.366. The van der Waals surface area contributed by atoms with Crippen LogP contribution in [0.3, 0.4) is 0 Å². The molecular weight excluding hydrogens is 336 g/mol. The summed E-state index contributed by atoms with van der Waals surface area (Å²) in [5, 5.41) is 7.84. The molecule has 0 aliphatic carbocycles. The van der Waals surface area contributed by atoms with E-state index in [1.54, 1.807) is 6.20 Å². The third-order valence-electron chi connectivity index (χ3n) is 4.42. The minimum absolute atomic E-state index is 0.0848. The summed E-state index contributed by atoms with van der Waals surface area (Å²) < 4.78 is 1.96. The summed E-state index contributed by atoms with van der Waals surface area (Å²) in [6, 6.07) is 4.10. The number of aromatic nitrogens is 4. The Bertz CT molecular complexity index is 917. The molecule has 4 rings (SSSR count). The predicted molar refractivity (Wildman–Crippen MR) is 96.8 cm³/mol. The molecule has 0 bridgehead atoms. The van der Waals surface area contributed by atoms with Crippen LogP contribution in [-0.2, 0) is 11.3 Å². The Kier molecular flexibility index (Phi) is 4.22. The molecule has 1 N–H and O–H groups in total. The lowest BCUT2D eigenvalue weighted by Crippen LogP contribution is -2.20. The molecule has 0 spiro atoms. The first-order valence-electron chi connectivity index (χ1n) is 8.34. The Hall–Kier alpha value is -2.32. The normalized spacial score (nSPS) is 18.1. The summed E-state index contributed by atoms with van der Waals surface area (Å²) in [4.78, 5) is 23.5. The van der Waals surface area contributed by atoms with Gasteiger partial charge >= 0.3 is 0 Å². The molecule has 0 saturated carbocycles. The van der Waals surface area contributed by atoms with Gasteiger partial charge in [-0.3, -0.25) is 9.69 Å². The Morgan fingerprint density at radius 2 is 2.36 bits per heavy atom. The highest BCUT2D eigenvalue weighted by Crippen LogP contribution is 2.30. The summed E-state index contributed by atoms with van der Waals surface area (Å²) in [5.41, 5.74) is 3.18. The second-order valence-electron chi connectivity index (χ2n) is 6.46. The third-order valence-corrected chi connectivity index (χ3v) is 5.32. The van der Waals surface area contributed by atoms with Gasteiger partial charge in [-0.05, 0) is 26.0 Å². The summed E-state index contributed by atoms with van der Waals surface area (Å²) >= 11 is 1.54. The number of anilines is 1. The smallest absolute Gasteiger partial charge is 0.223 e. The number of carbonyl (C=O) groups excluding carboxylic acids is 1. The molecular formula is C17H20N6OS. The van der Waals surface area contributed by atoms with Gasteiger partial charge in [0.25, 0.3) is 0 Å². The first kappa shape index (κ1) is 16.2. The highest BCUT2D eigenvalue weighted by molar-refractivity contribution is 7.15. The quantitative estimate of drug-likeness (QED) is 0.777. The number of fused-ring (bicyclic) bond motifs is 1. The number of hydrogen-bond donors (Lipinski definition) is 1. The molecule has 7 nitrogen and oxygen atoms in total. The monoisotopic (exact) mass is 356 g/mol. The Morgan fingerprint density at radius 3 is 3.20 bits per heavy atom. The van der Waals surface area contributed by atoms with Crippen LogP contribution in [0, 0.1) is 6.92 Å². The fourth-order valence-corrected chi connectivity index (χ4v) is 4.29. The van der Waals surface area contributed by atoms with Crippen molar-refractivity contribution in [2.45, 2.75) is 32.7 Å². The third kappa shape index (κ3) is 3.40. The molecule has 4 heterocycles. The van der Waals surface area contributed by atoms with Crippen molar-refractivity contribution in [1.82, 2.24) is 24.5 Å². The minimum atomic E-state index is -0.0848. The number of aryl methyl sites for hydroxylation is 1. The minimum Gasteiger partial charge on any atom is -0.302 e. The van der Waals surface area contributed by atoms with Crippen molar-refractivity contribution < 1.29 is 4.79 Å². The number of hydrogen-bond acceptors (Lipinski definition) is 6. The van der Waals surface area contributed by atoms with Crippen LogP contribution < -0.4 is 5.32 Å². The van der Waals surface area contributed by atoms with Crippen molar-refractivity contribution in [2.75, 3.05) is 18.4 Å². The van der Waals surface area contributed by atoms with E-state index >= 15 is 0 Å². The van der Waals surface area contributed by atoms with Gasteiger partial charge in [-0.15, -0.1) is 11.3 Å². The second kappa shape index (κ2) is 6.53. The molecule has 1 atom stereocenters. The van der Waals surface area contributed by atoms with Gasteiger partial charge in [0.05, 0.1) is 11.9 Å². The number of nitrogens with one attached hydrogen (secondary N) is 1. The van der Waals surface area contributed by atoms with Crippen LogP contribution >= 0.6 is 11.3 Å². The number of carbonyl (C=O) groups is 1. The fraction of sp³-hybridized carbons (Fsp3) is 0.412. The maximum Gasteiger partial charge on any atom is 0.223 e. The Labute approximate surface area is 149 Å². The molecule has 8 heteroatoms. The molecule has 1 saturated heterocycles. The summed E-state index contributed by atoms with van der Waals surface area (Å²) in [7, 11) is 0. The number of thiazole rings is 1. The summed E-state index contributed by atoms with van der Waals surface area (Å²) in [6.45, 7) is 6.43. The van der Waals surface area contributed by atoms with Gasteiger partial charge in [0.2, 0.25) is 5.91 Å². The first-order chi connectivity index (χ1) is 12.1. The number of likely N-dealkylation sites (tertiary alicyclic amines) is 1. The average molecular weight is 356 g/mol. The highest BCUT2D eigenvalue weighted by Gasteiger charge is 2.26. The highest BCUT2D eigenvalue weighted by atomic mass is 32.1. The lowest BCUT2D eigenvalue weighted by molar-refractivity contribution is -0.114. The lowest BCUT2D eigenvalue weighted by Gasteiger charge is -2.16. The van der Waals surface area contributed by atoms with Crippen molar-refractivity contribution in [3.05, 3.63) is 40.8 Å².